The molecule has 4 aromatic rings. The molecule has 3 aromatic heterocycles. The minimum Gasteiger partial charge on any atom is -0.444 e. The Bertz CT molecular complexity index is 1150. The smallest absolute Gasteiger partial charge is 0.411 e. The number of rotatable bonds is 5. The highest BCUT2D eigenvalue weighted by Crippen LogP contribution is 2.37. The van der Waals surface area contributed by atoms with Gasteiger partial charge in [-0.2, -0.15) is 0 Å². The molecule has 0 radical (unpaired) electrons. The van der Waals surface area contributed by atoms with Gasteiger partial charge in [0.05, 0.1) is 37.8 Å². The molecule has 3 heterocycles. The number of carbonyl (C=O) groups is 1. The lowest BCUT2D eigenvalue weighted by atomic mass is 10.2. The maximum absolute atomic E-state index is 12.2. The van der Waals surface area contributed by atoms with E-state index in [1.165, 1.54) is 11.3 Å². The van der Waals surface area contributed by atoms with Crippen LogP contribution in [0.1, 0.15) is 17.5 Å². The van der Waals surface area contributed by atoms with Gasteiger partial charge in [-0.15, -0.1) is 22.7 Å². The average molecular weight is 433 g/mol. The molecule has 144 valence electrons. The third-order valence-electron chi connectivity index (χ3n) is 4.25. The van der Waals surface area contributed by atoms with E-state index in [1.54, 1.807) is 17.7 Å². The number of fused-ring (bicyclic) bond motifs is 1. The van der Waals surface area contributed by atoms with Crippen LogP contribution in [-0.4, -0.2) is 20.6 Å². The molecule has 0 saturated heterocycles. The highest BCUT2D eigenvalue weighted by atomic mass is 35.5. The summed E-state index contributed by atoms with van der Waals surface area (Å²) in [6, 6.07) is 7.46. The second-order valence-electron chi connectivity index (χ2n) is 6.06. The Morgan fingerprint density at radius 2 is 2.21 bits per heavy atom. The van der Waals surface area contributed by atoms with Gasteiger partial charge in [-0.05, 0) is 43.5 Å². The van der Waals surface area contributed by atoms with Crippen LogP contribution in [0.25, 0.3) is 20.9 Å². The fourth-order valence-electron chi connectivity index (χ4n) is 2.78. The first kappa shape index (κ1) is 18.9. The zero-order valence-corrected chi connectivity index (χ0v) is 17.6. The first-order valence-corrected chi connectivity index (χ1v) is 10.7. The van der Waals surface area contributed by atoms with Crippen molar-refractivity contribution >= 4 is 57.1 Å². The maximum atomic E-state index is 12.2. The van der Waals surface area contributed by atoms with Gasteiger partial charge in [-0.25, -0.2) is 14.8 Å². The number of nitrogens with zero attached hydrogens (tertiary/aromatic N) is 3. The molecule has 0 unspecified atom stereocenters. The molecule has 0 atom stereocenters. The molecule has 0 bridgehead atoms. The zero-order valence-electron chi connectivity index (χ0n) is 15.2. The van der Waals surface area contributed by atoms with Gasteiger partial charge in [-0.1, -0.05) is 11.6 Å². The van der Waals surface area contributed by atoms with Gasteiger partial charge in [0.25, 0.3) is 0 Å². The van der Waals surface area contributed by atoms with Crippen molar-refractivity contribution in [1.82, 2.24) is 14.5 Å². The second-order valence-corrected chi connectivity index (χ2v) is 8.47. The maximum Gasteiger partial charge on any atom is 0.411 e. The summed E-state index contributed by atoms with van der Waals surface area (Å²) < 4.78 is 7.42. The lowest BCUT2D eigenvalue weighted by Gasteiger charge is -2.07. The van der Waals surface area contributed by atoms with E-state index in [1.807, 2.05) is 41.1 Å². The van der Waals surface area contributed by atoms with Crippen LogP contribution in [-0.2, 0) is 17.9 Å². The molecule has 4 rings (SSSR count). The lowest BCUT2D eigenvalue weighted by Crippen LogP contribution is -2.13. The Hall–Kier alpha value is -2.42. The number of carbonyl (C=O) groups excluding carboxylic acids is 1. The summed E-state index contributed by atoms with van der Waals surface area (Å²) in [6.45, 7) is 4.96. The van der Waals surface area contributed by atoms with E-state index in [2.05, 4.69) is 22.2 Å². The predicted molar refractivity (Wildman–Crippen MR) is 114 cm³/mol. The van der Waals surface area contributed by atoms with Crippen molar-refractivity contribution in [3.63, 3.8) is 0 Å². The minimum atomic E-state index is -0.516. The SMILES string of the molecule is CCn1cnc2cc(NC(=O)OCc3sc(-c4sccc4Cl)nc3C)ccc21. The van der Waals surface area contributed by atoms with Crippen molar-refractivity contribution in [2.45, 2.75) is 27.0 Å². The van der Waals surface area contributed by atoms with Gasteiger partial charge >= 0.3 is 6.09 Å². The van der Waals surface area contributed by atoms with E-state index in [4.69, 9.17) is 16.3 Å². The van der Waals surface area contributed by atoms with Gasteiger partial charge in [-0.3, -0.25) is 5.32 Å². The molecule has 0 fully saturated rings. The van der Waals surface area contributed by atoms with E-state index in [0.29, 0.717) is 10.7 Å². The van der Waals surface area contributed by atoms with Crippen LogP contribution in [0, 0.1) is 6.92 Å². The Morgan fingerprint density at radius 1 is 1.36 bits per heavy atom. The van der Waals surface area contributed by atoms with Gasteiger partial charge in [0.1, 0.15) is 11.6 Å². The fourth-order valence-corrected chi connectivity index (χ4v) is 5.07. The lowest BCUT2D eigenvalue weighted by molar-refractivity contribution is 0.156. The summed E-state index contributed by atoms with van der Waals surface area (Å²) >= 11 is 9.21. The van der Waals surface area contributed by atoms with Crippen molar-refractivity contribution < 1.29 is 9.53 Å². The Morgan fingerprint density at radius 3 is 2.96 bits per heavy atom. The first-order chi connectivity index (χ1) is 13.5. The highest BCUT2D eigenvalue weighted by Gasteiger charge is 2.15. The second kappa shape index (κ2) is 7.90. The van der Waals surface area contributed by atoms with Crippen LogP contribution in [0.3, 0.4) is 0 Å². The van der Waals surface area contributed by atoms with Gasteiger partial charge in [0, 0.05) is 12.2 Å². The van der Waals surface area contributed by atoms with Crippen LogP contribution in [0.4, 0.5) is 10.5 Å². The number of hydrogen-bond acceptors (Lipinski definition) is 6. The third-order valence-corrected chi connectivity index (χ3v) is 6.87. The Balaban J connectivity index is 1.41. The van der Waals surface area contributed by atoms with Crippen molar-refractivity contribution in [1.29, 1.82) is 0 Å². The molecule has 1 aromatic carbocycles. The van der Waals surface area contributed by atoms with Gasteiger partial charge < -0.3 is 9.30 Å². The van der Waals surface area contributed by atoms with Crippen LogP contribution < -0.4 is 5.32 Å². The molecule has 1 amide bonds. The number of anilines is 1. The molecule has 28 heavy (non-hydrogen) atoms. The van der Waals surface area contributed by atoms with E-state index >= 15 is 0 Å². The number of benzene rings is 1. The topological polar surface area (TPSA) is 69.0 Å². The summed E-state index contributed by atoms with van der Waals surface area (Å²) in [6.07, 6.45) is 1.27. The summed E-state index contributed by atoms with van der Waals surface area (Å²) in [5.74, 6) is 0. The van der Waals surface area contributed by atoms with Gasteiger partial charge in [0.2, 0.25) is 0 Å². The normalized spacial score (nSPS) is 11.1. The minimum absolute atomic E-state index is 0.158. The van der Waals surface area contributed by atoms with E-state index < -0.39 is 6.09 Å². The van der Waals surface area contributed by atoms with Crippen molar-refractivity contribution in [3.05, 3.63) is 51.6 Å². The van der Waals surface area contributed by atoms with Crippen molar-refractivity contribution in [3.8, 4) is 9.88 Å². The van der Waals surface area contributed by atoms with Crippen LogP contribution in [0.15, 0.2) is 36.0 Å². The first-order valence-electron chi connectivity index (χ1n) is 8.63. The summed E-state index contributed by atoms with van der Waals surface area (Å²) in [4.78, 5) is 22.9. The molecule has 0 spiro atoms. The number of aromatic nitrogens is 3. The molecule has 0 aliphatic carbocycles. The summed E-state index contributed by atoms with van der Waals surface area (Å²) in [5.41, 5.74) is 3.34. The third kappa shape index (κ3) is 3.76. The standard InChI is InChI=1S/C19H17ClN4O2S2/c1-3-24-10-21-14-8-12(4-5-15(14)24)23-19(25)26-9-16-11(2)22-18(28-16)17-13(20)6-7-27-17/h4-8,10H,3,9H2,1-2H3,(H,23,25). The zero-order chi connectivity index (χ0) is 19.7. The Kier molecular flexibility index (Phi) is 5.34. The molecule has 0 saturated carbocycles. The average Bonchev–Trinajstić information content (AvgIpc) is 3.37. The van der Waals surface area contributed by atoms with Crippen LogP contribution >= 0.6 is 34.3 Å². The number of amides is 1. The number of aryl methyl sites for hydroxylation is 2. The largest absolute Gasteiger partial charge is 0.444 e. The van der Waals surface area contributed by atoms with Crippen molar-refractivity contribution in [2.24, 2.45) is 0 Å². The molecule has 6 nitrogen and oxygen atoms in total. The van der Waals surface area contributed by atoms with Gasteiger partial charge in [0.15, 0.2) is 0 Å². The number of nitrogens with one attached hydrogen (secondary N) is 1. The van der Waals surface area contributed by atoms with Crippen LogP contribution in [0.5, 0.6) is 0 Å². The molecule has 1 N–H and O–H groups in total. The number of halogens is 1. The molecule has 0 aliphatic heterocycles. The monoisotopic (exact) mass is 432 g/mol. The molecular weight excluding hydrogens is 416 g/mol. The molecule has 0 aliphatic rings. The van der Waals surface area contributed by atoms with E-state index in [9.17, 15) is 4.79 Å². The Labute approximate surface area is 174 Å². The number of imidazole rings is 1. The molecular formula is C19H17ClN4O2S2. The number of ether oxygens (including phenoxy) is 1. The summed E-state index contributed by atoms with van der Waals surface area (Å²) in [5, 5.41) is 6.20. The predicted octanol–water partition coefficient (Wildman–Crippen LogP) is 5.95. The highest BCUT2D eigenvalue weighted by molar-refractivity contribution is 7.21. The van der Waals surface area contributed by atoms with Crippen molar-refractivity contribution in [2.75, 3.05) is 5.32 Å². The quantitative estimate of drug-likeness (QED) is 0.423. The number of thiophene rings is 1. The van der Waals surface area contributed by atoms with E-state index in [0.717, 1.165) is 38.0 Å². The molecule has 9 heteroatoms. The summed E-state index contributed by atoms with van der Waals surface area (Å²) in [7, 11) is 0. The number of hydrogen-bond donors (Lipinski definition) is 1. The fraction of sp³-hybridized carbons (Fsp3) is 0.211. The number of thiazole rings is 1. The van der Waals surface area contributed by atoms with E-state index in [-0.39, 0.29) is 6.61 Å². The van der Waals surface area contributed by atoms with Crippen LogP contribution in [0.2, 0.25) is 5.02 Å².